The summed E-state index contributed by atoms with van der Waals surface area (Å²) in [5.41, 5.74) is 2.44. The van der Waals surface area contributed by atoms with Crippen LogP contribution in [0.15, 0.2) is 23.3 Å². The van der Waals surface area contributed by atoms with Crippen molar-refractivity contribution in [3.63, 3.8) is 0 Å². The van der Waals surface area contributed by atoms with Crippen molar-refractivity contribution in [2.24, 2.45) is 40.4 Å². The molecule has 3 nitrogen and oxygen atoms in total. The highest BCUT2D eigenvalue weighted by molar-refractivity contribution is 5.40. The molecule has 3 fully saturated rings. The maximum Gasteiger partial charge on any atom is 0.0689 e. The highest BCUT2D eigenvalue weighted by Crippen LogP contribution is 2.66. The minimum absolute atomic E-state index is 0.0167. The monoisotopic (exact) mass is 444 g/mol. The molecule has 0 saturated heterocycles. The summed E-state index contributed by atoms with van der Waals surface area (Å²) in [6, 6.07) is 0. The summed E-state index contributed by atoms with van der Waals surface area (Å²) in [6.45, 7) is 13.2. The molecule has 182 valence electrons. The van der Waals surface area contributed by atoms with Gasteiger partial charge in [0.25, 0.3) is 0 Å². The highest BCUT2D eigenvalue weighted by atomic mass is 16.3. The molecule has 9 atom stereocenters. The second kappa shape index (κ2) is 8.54. The van der Waals surface area contributed by atoms with Gasteiger partial charge in [0.15, 0.2) is 0 Å². The van der Waals surface area contributed by atoms with E-state index in [9.17, 15) is 15.3 Å². The van der Waals surface area contributed by atoms with Gasteiger partial charge in [-0.1, -0.05) is 63.8 Å². The van der Waals surface area contributed by atoms with E-state index in [1.54, 1.807) is 5.57 Å². The standard InChI is InChI=1S/C29H48O3/c1-7-20-25(30)17-19-10-11-21-23-13-12-22(18(2)9-8-15-27(3,4)32)28(23,5)16-14-24(21)29(19,6)26(20)31/h10-11,18,20,22-26,30-32H,7-9,12-17H2,1-6H3/t18-,20-,22-,23+,24+,25-,26+,28-,29+/m1/s1. The second-order valence-corrected chi connectivity index (χ2v) is 12.9. The van der Waals surface area contributed by atoms with Crippen molar-refractivity contribution in [3.05, 3.63) is 23.3 Å². The Hall–Kier alpha value is -0.640. The zero-order valence-corrected chi connectivity index (χ0v) is 21.4. The van der Waals surface area contributed by atoms with E-state index in [2.05, 4.69) is 39.8 Å². The number of aliphatic hydroxyl groups excluding tert-OH is 2. The van der Waals surface area contributed by atoms with E-state index < -0.39 is 17.8 Å². The zero-order valence-electron chi connectivity index (χ0n) is 21.4. The fourth-order valence-electron chi connectivity index (χ4n) is 8.72. The number of aliphatic hydroxyl groups is 3. The van der Waals surface area contributed by atoms with Crippen LogP contribution in [0.5, 0.6) is 0 Å². The molecule has 0 aromatic carbocycles. The Labute approximate surface area is 196 Å². The van der Waals surface area contributed by atoms with Crippen molar-refractivity contribution in [2.45, 2.75) is 117 Å². The van der Waals surface area contributed by atoms with Gasteiger partial charge in [0.1, 0.15) is 0 Å². The third-order valence-corrected chi connectivity index (χ3v) is 10.6. The fourth-order valence-corrected chi connectivity index (χ4v) is 8.72. The fraction of sp³-hybridized carbons (Fsp3) is 0.862. The van der Waals surface area contributed by atoms with Crippen molar-refractivity contribution in [1.82, 2.24) is 0 Å². The van der Waals surface area contributed by atoms with Crippen LogP contribution in [0, 0.1) is 40.4 Å². The Morgan fingerprint density at radius 3 is 2.47 bits per heavy atom. The molecule has 0 radical (unpaired) electrons. The van der Waals surface area contributed by atoms with Gasteiger partial charge >= 0.3 is 0 Å². The van der Waals surface area contributed by atoms with Crippen LogP contribution in [-0.4, -0.2) is 33.1 Å². The summed E-state index contributed by atoms with van der Waals surface area (Å²) >= 11 is 0. The first-order valence-corrected chi connectivity index (χ1v) is 13.4. The van der Waals surface area contributed by atoms with E-state index in [4.69, 9.17) is 0 Å². The number of fused-ring (bicyclic) bond motifs is 5. The average Bonchev–Trinajstić information content (AvgIpc) is 3.06. The van der Waals surface area contributed by atoms with Crippen LogP contribution in [0.1, 0.15) is 99.3 Å². The molecule has 3 heteroatoms. The first-order chi connectivity index (χ1) is 14.9. The van der Waals surface area contributed by atoms with E-state index in [1.807, 2.05) is 13.8 Å². The Kier molecular flexibility index (Phi) is 6.53. The summed E-state index contributed by atoms with van der Waals surface area (Å²) in [6.07, 6.45) is 13.5. The van der Waals surface area contributed by atoms with E-state index in [1.165, 1.54) is 31.3 Å². The molecule has 32 heavy (non-hydrogen) atoms. The van der Waals surface area contributed by atoms with Crippen LogP contribution in [0.3, 0.4) is 0 Å². The summed E-state index contributed by atoms with van der Waals surface area (Å²) < 4.78 is 0. The van der Waals surface area contributed by atoms with Gasteiger partial charge in [0.05, 0.1) is 17.8 Å². The Bertz CT molecular complexity index is 761. The van der Waals surface area contributed by atoms with Gasteiger partial charge in [0.2, 0.25) is 0 Å². The topological polar surface area (TPSA) is 60.7 Å². The predicted octanol–water partition coefficient (Wildman–Crippen LogP) is 6.03. The highest BCUT2D eigenvalue weighted by Gasteiger charge is 2.60. The van der Waals surface area contributed by atoms with Gasteiger partial charge in [-0.2, -0.15) is 0 Å². The van der Waals surface area contributed by atoms with Crippen molar-refractivity contribution in [2.75, 3.05) is 0 Å². The van der Waals surface area contributed by atoms with Crippen LogP contribution >= 0.6 is 0 Å². The van der Waals surface area contributed by atoms with Crippen LogP contribution < -0.4 is 0 Å². The summed E-state index contributed by atoms with van der Waals surface area (Å²) in [5.74, 6) is 2.46. The van der Waals surface area contributed by atoms with Crippen molar-refractivity contribution in [3.8, 4) is 0 Å². The minimum atomic E-state index is -0.558. The van der Waals surface area contributed by atoms with Gasteiger partial charge in [-0.3, -0.25) is 0 Å². The van der Waals surface area contributed by atoms with Crippen molar-refractivity contribution < 1.29 is 15.3 Å². The largest absolute Gasteiger partial charge is 0.392 e. The van der Waals surface area contributed by atoms with E-state index in [0.717, 1.165) is 38.0 Å². The van der Waals surface area contributed by atoms with E-state index in [-0.39, 0.29) is 11.3 Å². The van der Waals surface area contributed by atoms with Gasteiger partial charge in [0, 0.05) is 11.3 Å². The minimum Gasteiger partial charge on any atom is -0.392 e. The summed E-state index contributed by atoms with van der Waals surface area (Å²) in [5, 5.41) is 32.3. The third-order valence-electron chi connectivity index (χ3n) is 10.6. The second-order valence-electron chi connectivity index (χ2n) is 12.9. The van der Waals surface area contributed by atoms with Crippen LogP contribution in [0.25, 0.3) is 0 Å². The number of hydrogen-bond acceptors (Lipinski definition) is 3. The lowest BCUT2D eigenvalue weighted by atomic mass is 9.48. The van der Waals surface area contributed by atoms with E-state index in [0.29, 0.717) is 23.2 Å². The molecule has 0 aromatic rings. The summed E-state index contributed by atoms with van der Waals surface area (Å²) in [4.78, 5) is 0. The van der Waals surface area contributed by atoms with Crippen LogP contribution in [-0.2, 0) is 0 Å². The van der Waals surface area contributed by atoms with Crippen molar-refractivity contribution in [1.29, 1.82) is 0 Å². The van der Waals surface area contributed by atoms with E-state index >= 15 is 0 Å². The molecule has 0 amide bonds. The molecule has 0 bridgehead atoms. The zero-order chi connectivity index (χ0) is 23.5. The normalized spacial score (nSPS) is 44.8. The molecular weight excluding hydrogens is 396 g/mol. The smallest absolute Gasteiger partial charge is 0.0689 e. The SMILES string of the molecule is CC[C@@H]1[C@H](O)CC2=CC=C3[C@@H]4CC[C@H]([C@H](C)CCCC(C)(C)O)[C@@]4(C)CC[C@@H]3[C@@]2(C)[C@H]1O. The van der Waals surface area contributed by atoms with Crippen LogP contribution in [0.2, 0.25) is 0 Å². The average molecular weight is 445 g/mol. The molecule has 4 rings (SSSR count). The molecule has 0 spiro atoms. The van der Waals surface area contributed by atoms with Crippen LogP contribution in [0.4, 0.5) is 0 Å². The molecular formula is C29H48O3. The molecule has 0 unspecified atom stereocenters. The molecule has 4 aliphatic rings. The quantitative estimate of drug-likeness (QED) is 0.469. The van der Waals surface area contributed by atoms with Gasteiger partial charge < -0.3 is 15.3 Å². The molecule has 4 aliphatic carbocycles. The van der Waals surface area contributed by atoms with Gasteiger partial charge in [-0.05, 0) is 87.9 Å². The van der Waals surface area contributed by atoms with Gasteiger partial charge in [-0.15, -0.1) is 0 Å². The first kappa shape index (κ1) is 24.5. The Balaban J connectivity index is 1.55. The summed E-state index contributed by atoms with van der Waals surface area (Å²) in [7, 11) is 0. The Morgan fingerprint density at radius 2 is 1.81 bits per heavy atom. The predicted molar refractivity (Wildman–Crippen MR) is 131 cm³/mol. The molecule has 0 heterocycles. The molecule has 0 aromatic heterocycles. The number of rotatable bonds is 6. The maximum atomic E-state index is 11.5. The molecule has 0 aliphatic heterocycles. The molecule has 3 saturated carbocycles. The van der Waals surface area contributed by atoms with Crippen molar-refractivity contribution >= 4 is 0 Å². The Morgan fingerprint density at radius 1 is 1.09 bits per heavy atom. The lowest BCUT2D eigenvalue weighted by molar-refractivity contribution is -0.0981. The lowest BCUT2D eigenvalue weighted by Crippen LogP contribution is -2.56. The van der Waals surface area contributed by atoms with Gasteiger partial charge in [-0.25, -0.2) is 0 Å². The number of hydrogen-bond donors (Lipinski definition) is 3. The number of allylic oxidation sites excluding steroid dienone is 3. The third kappa shape index (κ3) is 3.85. The maximum absolute atomic E-state index is 11.5. The lowest BCUT2D eigenvalue weighted by Gasteiger charge is -2.58. The first-order valence-electron chi connectivity index (χ1n) is 13.4. The molecule has 3 N–H and O–H groups in total.